The second-order valence-electron chi connectivity index (χ2n) is 3.95. The maximum atomic E-state index is 5.89. The molecule has 1 heterocycles. The van der Waals surface area contributed by atoms with Crippen LogP contribution in [0, 0.1) is 5.92 Å². The highest BCUT2D eigenvalue weighted by molar-refractivity contribution is 9.10. The Morgan fingerprint density at radius 1 is 1.53 bits per heavy atom. The fourth-order valence-corrected chi connectivity index (χ4v) is 2.17. The molecule has 1 atom stereocenters. The van der Waals surface area contributed by atoms with Gasteiger partial charge in [-0.3, -0.25) is 0 Å². The van der Waals surface area contributed by atoms with Crippen molar-refractivity contribution in [2.45, 2.75) is 32.2 Å². The smallest absolute Gasteiger partial charge is 0.148 e. The molecule has 3 nitrogen and oxygen atoms in total. The van der Waals surface area contributed by atoms with E-state index >= 15 is 0 Å². The van der Waals surface area contributed by atoms with Crippen LogP contribution in [0.4, 0.5) is 5.82 Å². The predicted molar refractivity (Wildman–Crippen MR) is 65.2 cm³/mol. The molecule has 1 saturated carbocycles. The Bertz CT molecular complexity index is 355. The molecule has 0 bridgehead atoms. The van der Waals surface area contributed by atoms with Gasteiger partial charge >= 0.3 is 0 Å². The zero-order valence-corrected chi connectivity index (χ0v) is 10.8. The monoisotopic (exact) mass is 289 g/mol. The molecular weight excluding hydrogens is 277 g/mol. The molecule has 1 aliphatic rings. The van der Waals surface area contributed by atoms with E-state index in [4.69, 9.17) is 11.6 Å². The first-order chi connectivity index (χ1) is 7.18. The van der Waals surface area contributed by atoms with E-state index in [-0.39, 0.29) is 0 Å². The summed E-state index contributed by atoms with van der Waals surface area (Å²) in [5, 5.41) is 3.82. The number of nitrogens with one attached hydrogen (secondary N) is 1. The molecule has 1 aromatic rings. The first-order valence-corrected chi connectivity index (χ1v) is 6.28. The van der Waals surface area contributed by atoms with Crippen molar-refractivity contribution in [2.24, 2.45) is 5.92 Å². The second-order valence-corrected chi connectivity index (χ2v) is 5.10. The molecule has 1 unspecified atom stereocenters. The molecular formula is C10H13BrClN3. The molecule has 82 valence electrons. The van der Waals surface area contributed by atoms with Gasteiger partial charge in [0.05, 0.1) is 4.47 Å². The van der Waals surface area contributed by atoms with Gasteiger partial charge in [0, 0.05) is 6.04 Å². The van der Waals surface area contributed by atoms with Gasteiger partial charge in [0.2, 0.25) is 0 Å². The molecule has 0 amide bonds. The fourth-order valence-electron chi connectivity index (χ4n) is 1.72. The minimum atomic E-state index is 0.445. The van der Waals surface area contributed by atoms with Crippen molar-refractivity contribution in [1.29, 1.82) is 0 Å². The van der Waals surface area contributed by atoms with Crippen molar-refractivity contribution in [3.05, 3.63) is 16.0 Å². The molecule has 0 saturated heterocycles. The topological polar surface area (TPSA) is 37.8 Å². The van der Waals surface area contributed by atoms with E-state index in [1.54, 1.807) is 0 Å². The molecule has 1 aromatic heterocycles. The summed E-state index contributed by atoms with van der Waals surface area (Å²) in [6.07, 6.45) is 5.44. The standard InChI is InChI=1S/C10H13BrClN3/c1-6(7-3-2-4-7)15-10-8(11)9(12)13-5-14-10/h5-7H,2-4H2,1H3,(H,13,14,15). The van der Waals surface area contributed by atoms with Crippen LogP contribution in [0.25, 0.3) is 0 Å². The number of hydrogen-bond acceptors (Lipinski definition) is 3. The minimum Gasteiger partial charge on any atom is -0.366 e. The lowest BCUT2D eigenvalue weighted by atomic mass is 9.80. The maximum Gasteiger partial charge on any atom is 0.148 e. The van der Waals surface area contributed by atoms with E-state index in [0.717, 1.165) is 16.2 Å². The summed E-state index contributed by atoms with van der Waals surface area (Å²) in [6.45, 7) is 2.19. The lowest BCUT2D eigenvalue weighted by Crippen LogP contribution is -2.31. The summed E-state index contributed by atoms with van der Waals surface area (Å²) < 4.78 is 0.748. The van der Waals surface area contributed by atoms with Crippen LogP contribution in [-0.4, -0.2) is 16.0 Å². The average Bonchev–Trinajstić information content (AvgIpc) is 2.10. The molecule has 5 heteroatoms. The van der Waals surface area contributed by atoms with Crippen molar-refractivity contribution in [3.8, 4) is 0 Å². The van der Waals surface area contributed by atoms with Crippen molar-refractivity contribution in [3.63, 3.8) is 0 Å². The summed E-state index contributed by atoms with van der Waals surface area (Å²) in [5.41, 5.74) is 0. The van der Waals surface area contributed by atoms with Gasteiger partial charge in [0.1, 0.15) is 17.3 Å². The molecule has 1 fully saturated rings. The van der Waals surface area contributed by atoms with E-state index in [0.29, 0.717) is 11.2 Å². The molecule has 1 aliphatic carbocycles. The van der Waals surface area contributed by atoms with Gasteiger partial charge in [-0.25, -0.2) is 9.97 Å². The van der Waals surface area contributed by atoms with Crippen LogP contribution in [0.2, 0.25) is 5.15 Å². The molecule has 15 heavy (non-hydrogen) atoms. The maximum absolute atomic E-state index is 5.89. The zero-order valence-electron chi connectivity index (χ0n) is 8.50. The van der Waals surface area contributed by atoms with E-state index in [2.05, 4.69) is 38.1 Å². The highest BCUT2D eigenvalue weighted by Crippen LogP contribution is 2.33. The van der Waals surface area contributed by atoms with Crippen LogP contribution in [0.1, 0.15) is 26.2 Å². The molecule has 1 N–H and O–H groups in total. The normalized spacial score (nSPS) is 18.3. The third-order valence-electron chi connectivity index (χ3n) is 2.97. The van der Waals surface area contributed by atoms with Crippen molar-refractivity contribution >= 4 is 33.3 Å². The number of anilines is 1. The van der Waals surface area contributed by atoms with Crippen molar-refractivity contribution in [2.75, 3.05) is 5.32 Å². The third-order valence-corrected chi connectivity index (χ3v) is 4.23. The summed E-state index contributed by atoms with van der Waals surface area (Å²) in [5.74, 6) is 1.56. The average molecular weight is 291 g/mol. The van der Waals surface area contributed by atoms with E-state index in [9.17, 15) is 0 Å². The van der Waals surface area contributed by atoms with Crippen LogP contribution in [0.15, 0.2) is 10.8 Å². The Balaban J connectivity index is 2.06. The Labute approximate surface area is 103 Å². The van der Waals surface area contributed by atoms with E-state index in [1.165, 1.54) is 25.6 Å². The number of nitrogens with zero attached hydrogens (tertiary/aromatic N) is 2. The van der Waals surface area contributed by atoms with Crippen LogP contribution < -0.4 is 5.32 Å². The summed E-state index contributed by atoms with van der Waals surface area (Å²) in [4.78, 5) is 8.06. The molecule has 0 aliphatic heterocycles. The van der Waals surface area contributed by atoms with Gasteiger partial charge in [-0.05, 0) is 41.6 Å². The molecule has 0 aromatic carbocycles. The van der Waals surface area contributed by atoms with Crippen molar-refractivity contribution < 1.29 is 0 Å². The van der Waals surface area contributed by atoms with Gasteiger partial charge in [0.15, 0.2) is 0 Å². The van der Waals surface area contributed by atoms with E-state index < -0.39 is 0 Å². The Morgan fingerprint density at radius 2 is 2.27 bits per heavy atom. The van der Waals surface area contributed by atoms with Gasteiger partial charge in [-0.2, -0.15) is 0 Å². The first kappa shape index (κ1) is 11.1. The van der Waals surface area contributed by atoms with Crippen molar-refractivity contribution in [1.82, 2.24) is 9.97 Å². The van der Waals surface area contributed by atoms with Gasteiger partial charge in [-0.15, -0.1) is 0 Å². The quantitative estimate of drug-likeness (QED) is 0.866. The van der Waals surface area contributed by atoms with Gasteiger partial charge in [0.25, 0.3) is 0 Å². The molecule has 0 spiro atoms. The Kier molecular flexibility index (Phi) is 3.46. The van der Waals surface area contributed by atoms with Crippen LogP contribution in [0.5, 0.6) is 0 Å². The minimum absolute atomic E-state index is 0.445. The Hall–Kier alpha value is -0.350. The summed E-state index contributed by atoms with van der Waals surface area (Å²) >= 11 is 9.27. The third kappa shape index (κ3) is 2.42. The largest absolute Gasteiger partial charge is 0.366 e. The SMILES string of the molecule is CC(Nc1ncnc(Cl)c1Br)C1CCC1. The number of hydrogen-bond donors (Lipinski definition) is 1. The van der Waals surface area contributed by atoms with E-state index in [1.807, 2.05) is 0 Å². The van der Waals surface area contributed by atoms with Crippen LogP contribution >= 0.6 is 27.5 Å². The molecule has 2 rings (SSSR count). The van der Waals surface area contributed by atoms with Gasteiger partial charge in [-0.1, -0.05) is 18.0 Å². The van der Waals surface area contributed by atoms with Gasteiger partial charge < -0.3 is 5.32 Å². The summed E-state index contributed by atoms with van der Waals surface area (Å²) in [7, 11) is 0. The zero-order chi connectivity index (χ0) is 10.8. The fraction of sp³-hybridized carbons (Fsp3) is 0.600. The highest BCUT2D eigenvalue weighted by Gasteiger charge is 2.24. The number of rotatable bonds is 3. The summed E-state index contributed by atoms with van der Waals surface area (Å²) in [6, 6.07) is 0.445. The Morgan fingerprint density at radius 3 is 2.87 bits per heavy atom. The lowest BCUT2D eigenvalue weighted by Gasteiger charge is -2.32. The number of aromatic nitrogens is 2. The molecule has 0 radical (unpaired) electrons. The first-order valence-electron chi connectivity index (χ1n) is 5.11. The highest BCUT2D eigenvalue weighted by atomic mass is 79.9. The number of halogens is 2. The lowest BCUT2D eigenvalue weighted by molar-refractivity contribution is 0.285. The van der Waals surface area contributed by atoms with Crippen LogP contribution in [-0.2, 0) is 0 Å². The second kappa shape index (κ2) is 4.66. The predicted octanol–water partition coefficient (Wildman–Crippen LogP) is 3.49. The van der Waals surface area contributed by atoms with Crippen LogP contribution in [0.3, 0.4) is 0 Å².